The number of aromatic nitrogens is 2. The zero-order valence-electron chi connectivity index (χ0n) is 13.7. The molecule has 2 aromatic carbocycles. The molecule has 1 fully saturated rings. The van der Waals surface area contributed by atoms with Crippen molar-refractivity contribution in [3.63, 3.8) is 0 Å². The largest absolute Gasteiger partial charge is 0.337 e. The van der Waals surface area contributed by atoms with Gasteiger partial charge in [0.1, 0.15) is 0 Å². The van der Waals surface area contributed by atoms with Crippen molar-refractivity contribution < 1.29 is 13.6 Å². The molecule has 5 nitrogen and oxygen atoms in total. The summed E-state index contributed by atoms with van der Waals surface area (Å²) < 4.78 is 26.3. The van der Waals surface area contributed by atoms with E-state index in [1.54, 1.807) is 35.2 Å². The van der Waals surface area contributed by atoms with Crippen molar-refractivity contribution in [3.8, 4) is 0 Å². The van der Waals surface area contributed by atoms with E-state index in [4.69, 9.17) is 0 Å². The molecule has 0 radical (unpaired) electrons. The van der Waals surface area contributed by atoms with Crippen LogP contribution in [-0.2, 0) is 6.42 Å². The van der Waals surface area contributed by atoms with Gasteiger partial charge in [-0.15, -0.1) is 0 Å². The lowest BCUT2D eigenvalue weighted by molar-refractivity contribution is 0.0496. The third-order valence-electron chi connectivity index (χ3n) is 4.65. The number of carbonyl (C=O) groups excluding carboxylic acids is 1. The second kappa shape index (κ2) is 6.33. The number of likely N-dealkylation sites (tertiary alicyclic amines) is 1. The highest BCUT2D eigenvalue weighted by molar-refractivity contribution is 6.04. The monoisotopic (exact) mass is 355 g/mol. The number of hydrogen-bond donors (Lipinski definition) is 1. The zero-order chi connectivity index (χ0) is 18.3. The molecule has 1 saturated heterocycles. The van der Waals surface area contributed by atoms with Crippen molar-refractivity contribution in [2.24, 2.45) is 5.92 Å². The van der Waals surface area contributed by atoms with Gasteiger partial charge < -0.3 is 4.90 Å². The highest BCUT2D eigenvalue weighted by Crippen LogP contribution is 2.24. The molecule has 0 bridgehead atoms. The summed E-state index contributed by atoms with van der Waals surface area (Å²) in [5.41, 5.74) is 0.581. The van der Waals surface area contributed by atoms with Crippen LogP contribution in [0.25, 0.3) is 10.8 Å². The highest BCUT2D eigenvalue weighted by atomic mass is 19.2. The number of aromatic amines is 1. The quantitative estimate of drug-likeness (QED) is 0.785. The first-order chi connectivity index (χ1) is 12.5. The van der Waals surface area contributed by atoms with Crippen LogP contribution in [0.2, 0.25) is 0 Å². The van der Waals surface area contributed by atoms with Crippen molar-refractivity contribution in [2.75, 3.05) is 13.1 Å². The molecule has 0 atom stereocenters. The lowest BCUT2D eigenvalue weighted by Crippen LogP contribution is -2.51. The number of hydrogen-bond acceptors (Lipinski definition) is 3. The summed E-state index contributed by atoms with van der Waals surface area (Å²) in [7, 11) is 0. The minimum Gasteiger partial charge on any atom is -0.337 e. The van der Waals surface area contributed by atoms with Crippen molar-refractivity contribution in [1.29, 1.82) is 0 Å². The molecular weight excluding hydrogens is 340 g/mol. The molecule has 132 valence electrons. The molecule has 0 aliphatic carbocycles. The maximum atomic E-state index is 13.3. The molecule has 4 rings (SSSR count). The fourth-order valence-corrected chi connectivity index (χ4v) is 3.29. The lowest BCUT2D eigenvalue weighted by Gasteiger charge is -2.39. The van der Waals surface area contributed by atoms with Crippen LogP contribution in [0.1, 0.15) is 16.1 Å². The van der Waals surface area contributed by atoms with Crippen LogP contribution in [0.4, 0.5) is 8.78 Å². The molecule has 1 N–H and O–H groups in total. The van der Waals surface area contributed by atoms with Gasteiger partial charge in [0.15, 0.2) is 17.3 Å². The van der Waals surface area contributed by atoms with Crippen LogP contribution in [0.3, 0.4) is 0 Å². The number of H-pyrrole nitrogens is 1. The van der Waals surface area contributed by atoms with E-state index in [0.717, 1.165) is 6.07 Å². The van der Waals surface area contributed by atoms with Crippen LogP contribution in [0.15, 0.2) is 47.3 Å². The van der Waals surface area contributed by atoms with Crippen LogP contribution < -0.4 is 5.56 Å². The number of carbonyl (C=O) groups is 1. The average Bonchev–Trinajstić information content (AvgIpc) is 2.61. The third kappa shape index (κ3) is 2.85. The summed E-state index contributed by atoms with van der Waals surface area (Å²) in [6.07, 6.45) is 0.570. The third-order valence-corrected chi connectivity index (χ3v) is 4.65. The summed E-state index contributed by atoms with van der Waals surface area (Å²) in [6, 6.07) is 10.7. The topological polar surface area (TPSA) is 66.1 Å². The van der Waals surface area contributed by atoms with Crippen LogP contribution in [0.5, 0.6) is 0 Å². The van der Waals surface area contributed by atoms with Gasteiger partial charge in [0.2, 0.25) is 0 Å². The van der Waals surface area contributed by atoms with Gasteiger partial charge in [-0.25, -0.2) is 13.9 Å². The summed E-state index contributed by atoms with van der Waals surface area (Å²) in [6.45, 7) is 1.01. The van der Waals surface area contributed by atoms with Crippen LogP contribution >= 0.6 is 0 Å². The minimum atomic E-state index is -0.866. The van der Waals surface area contributed by atoms with Crippen molar-refractivity contribution in [3.05, 3.63) is 75.7 Å². The Morgan fingerprint density at radius 3 is 2.58 bits per heavy atom. The Balaban J connectivity index is 1.48. The van der Waals surface area contributed by atoms with Gasteiger partial charge in [-0.05, 0) is 36.1 Å². The van der Waals surface area contributed by atoms with Gasteiger partial charge in [-0.2, -0.15) is 5.10 Å². The Bertz CT molecular complexity index is 1060. The minimum absolute atomic E-state index is 0.179. The maximum absolute atomic E-state index is 13.3. The summed E-state index contributed by atoms with van der Waals surface area (Å²) >= 11 is 0. The Morgan fingerprint density at radius 2 is 1.85 bits per heavy atom. The molecule has 7 heteroatoms. The molecule has 2 heterocycles. The zero-order valence-corrected chi connectivity index (χ0v) is 13.7. The molecule has 1 amide bonds. The van der Waals surface area contributed by atoms with E-state index in [1.165, 1.54) is 6.07 Å². The van der Waals surface area contributed by atoms with Crippen LogP contribution in [-0.4, -0.2) is 34.1 Å². The van der Waals surface area contributed by atoms with Crippen LogP contribution in [0, 0.1) is 17.6 Å². The van der Waals surface area contributed by atoms with E-state index in [0.29, 0.717) is 35.8 Å². The Hall–Kier alpha value is -3.09. The van der Waals surface area contributed by atoms with E-state index in [-0.39, 0.29) is 23.1 Å². The van der Waals surface area contributed by atoms with Crippen molar-refractivity contribution >= 4 is 16.7 Å². The number of nitrogens with zero attached hydrogens (tertiary/aromatic N) is 2. The summed E-state index contributed by atoms with van der Waals surface area (Å²) in [4.78, 5) is 26.1. The molecule has 0 saturated carbocycles. The molecule has 0 unspecified atom stereocenters. The highest BCUT2D eigenvalue weighted by Gasteiger charge is 2.33. The Morgan fingerprint density at radius 1 is 1.12 bits per heavy atom. The number of halogens is 2. The molecule has 26 heavy (non-hydrogen) atoms. The molecule has 0 spiro atoms. The fraction of sp³-hybridized carbons (Fsp3) is 0.211. The Labute approximate surface area is 147 Å². The summed E-state index contributed by atoms with van der Waals surface area (Å²) in [5, 5.41) is 7.22. The molecular formula is C19H15F2N3O2. The molecule has 1 aromatic heterocycles. The predicted molar refractivity (Wildman–Crippen MR) is 91.8 cm³/mol. The van der Waals surface area contributed by atoms with E-state index >= 15 is 0 Å². The average molecular weight is 355 g/mol. The van der Waals surface area contributed by atoms with Crippen molar-refractivity contribution in [1.82, 2.24) is 15.1 Å². The number of fused-ring (bicyclic) bond motifs is 1. The number of nitrogens with one attached hydrogen (secondary N) is 1. The SMILES string of the molecule is O=C(c1n[nH]c(=O)c2ccccc12)N1CC(Cc2ccc(F)c(F)c2)C1. The number of rotatable bonds is 3. The second-order valence-electron chi connectivity index (χ2n) is 6.48. The number of amides is 1. The van der Waals surface area contributed by atoms with E-state index < -0.39 is 11.6 Å². The first-order valence-corrected chi connectivity index (χ1v) is 8.23. The maximum Gasteiger partial charge on any atom is 0.274 e. The first-order valence-electron chi connectivity index (χ1n) is 8.23. The van der Waals surface area contributed by atoms with E-state index in [9.17, 15) is 18.4 Å². The second-order valence-corrected chi connectivity index (χ2v) is 6.48. The van der Waals surface area contributed by atoms with E-state index in [1.807, 2.05) is 0 Å². The van der Waals surface area contributed by atoms with Crippen molar-refractivity contribution in [2.45, 2.75) is 6.42 Å². The van der Waals surface area contributed by atoms with Gasteiger partial charge >= 0.3 is 0 Å². The van der Waals surface area contributed by atoms with Gasteiger partial charge in [-0.1, -0.05) is 24.3 Å². The van der Waals surface area contributed by atoms with Gasteiger partial charge in [-0.3, -0.25) is 9.59 Å². The molecule has 1 aliphatic heterocycles. The lowest BCUT2D eigenvalue weighted by atomic mass is 9.91. The van der Waals surface area contributed by atoms with Gasteiger partial charge in [0.25, 0.3) is 11.5 Å². The molecule has 3 aromatic rings. The normalized spacial score (nSPS) is 14.5. The first kappa shape index (κ1) is 16.4. The van der Waals surface area contributed by atoms with Gasteiger partial charge in [0, 0.05) is 18.5 Å². The number of benzene rings is 2. The fourth-order valence-electron chi connectivity index (χ4n) is 3.29. The summed E-state index contributed by atoms with van der Waals surface area (Å²) in [5.74, 6) is -1.80. The smallest absolute Gasteiger partial charge is 0.274 e. The Kier molecular flexibility index (Phi) is 3.99. The standard InChI is InChI=1S/C19H15F2N3O2/c20-15-6-5-11(8-16(15)21)7-12-9-24(10-12)19(26)17-13-3-1-2-4-14(13)18(25)23-22-17/h1-6,8,12H,7,9-10H2,(H,23,25). The van der Waals surface area contributed by atoms with Gasteiger partial charge in [0.05, 0.1) is 5.39 Å². The van der Waals surface area contributed by atoms with E-state index in [2.05, 4.69) is 10.2 Å². The molecule has 1 aliphatic rings. The predicted octanol–water partition coefficient (Wildman–Crippen LogP) is 2.52.